The summed E-state index contributed by atoms with van der Waals surface area (Å²) >= 11 is 0. The van der Waals surface area contributed by atoms with Gasteiger partial charge in [0, 0.05) is 17.4 Å². The molecule has 0 aliphatic carbocycles. The number of hydrogen-bond donors (Lipinski definition) is 2. The Morgan fingerprint density at radius 2 is 1.81 bits per heavy atom. The van der Waals surface area contributed by atoms with Gasteiger partial charge in [0.15, 0.2) is 0 Å². The zero-order valence-corrected chi connectivity index (χ0v) is 9.49. The minimum Gasteiger partial charge on any atom is -0.508 e. The highest BCUT2D eigenvalue weighted by molar-refractivity contribution is 5.64. The summed E-state index contributed by atoms with van der Waals surface area (Å²) in [6, 6.07) is 13.4. The normalized spacial score (nSPS) is 10.1. The lowest BCUT2D eigenvalue weighted by molar-refractivity contribution is 0.475. The van der Waals surface area contributed by atoms with Crippen molar-refractivity contribution in [1.82, 2.24) is 0 Å². The zero-order valence-electron chi connectivity index (χ0n) is 9.49. The largest absolute Gasteiger partial charge is 0.508 e. The monoisotopic (exact) mass is 213 g/mol. The average Bonchev–Trinajstić information content (AvgIpc) is 2.22. The van der Waals surface area contributed by atoms with Crippen molar-refractivity contribution < 1.29 is 5.11 Å². The van der Waals surface area contributed by atoms with Crippen LogP contribution in [-0.2, 0) is 0 Å². The van der Waals surface area contributed by atoms with Gasteiger partial charge in [-0.25, -0.2) is 0 Å². The Hall–Kier alpha value is -1.96. The summed E-state index contributed by atoms with van der Waals surface area (Å²) in [4.78, 5) is 0. The summed E-state index contributed by atoms with van der Waals surface area (Å²) in [7, 11) is 0. The summed E-state index contributed by atoms with van der Waals surface area (Å²) in [5, 5.41) is 12.6. The van der Waals surface area contributed by atoms with Gasteiger partial charge in [-0.15, -0.1) is 0 Å². The maximum Gasteiger partial charge on any atom is 0.117 e. The standard InChI is InChI=1S/C14H15NO/c1-10-6-7-14(11(2)8-10)15-12-4-3-5-13(16)9-12/h3-9,15-16H,1-2H3. The van der Waals surface area contributed by atoms with Crippen molar-refractivity contribution in [2.75, 3.05) is 5.32 Å². The van der Waals surface area contributed by atoms with Gasteiger partial charge in [-0.05, 0) is 37.6 Å². The lowest BCUT2D eigenvalue weighted by Gasteiger charge is -2.10. The van der Waals surface area contributed by atoms with Crippen LogP contribution in [0.15, 0.2) is 42.5 Å². The Balaban J connectivity index is 2.27. The molecule has 2 heteroatoms. The maximum atomic E-state index is 9.36. The first kappa shape index (κ1) is 10.6. The first-order chi connectivity index (χ1) is 7.65. The molecule has 0 fully saturated rings. The van der Waals surface area contributed by atoms with Crippen molar-refractivity contribution >= 4 is 11.4 Å². The number of hydrogen-bond acceptors (Lipinski definition) is 2. The van der Waals surface area contributed by atoms with E-state index in [4.69, 9.17) is 0 Å². The summed E-state index contributed by atoms with van der Waals surface area (Å²) in [5.74, 6) is 0.273. The van der Waals surface area contributed by atoms with Crippen LogP contribution >= 0.6 is 0 Å². The molecule has 16 heavy (non-hydrogen) atoms. The average molecular weight is 213 g/mol. The van der Waals surface area contributed by atoms with Crippen LogP contribution in [0.2, 0.25) is 0 Å². The molecule has 0 aliphatic heterocycles. The van der Waals surface area contributed by atoms with Crippen LogP contribution in [-0.4, -0.2) is 5.11 Å². The van der Waals surface area contributed by atoms with E-state index in [0.717, 1.165) is 11.4 Å². The molecule has 0 bridgehead atoms. The fraction of sp³-hybridized carbons (Fsp3) is 0.143. The van der Waals surface area contributed by atoms with E-state index in [-0.39, 0.29) is 5.75 Å². The molecule has 2 aromatic carbocycles. The number of phenolic OH excluding ortho intramolecular Hbond substituents is 1. The summed E-state index contributed by atoms with van der Waals surface area (Å²) in [6.45, 7) is 4.14. The maximum absolute atomic E-state index is 9.36. The van der Waals surface area contributed by atoms with Gasteiger partial charge in [-0.3, -0.25) is 0 Å². The van der Waals surface area contributed by atoms with Gasteiger partial charge in [0.05, 0.1) is 0 Å². The summed E-state index contributed by atoms with van der Waals surface area (Å²) < 4.78 is 0. The van der Waals surface area contributed by atoms with E-state index in [1.165, 1.54) is 11.1 Å². The molecule has 2 aromatic rings. The van der Waals surface area contributed by atoms with Crippen LogP contribution in [0.5, 0.6) is 5.75 Å². The van der Waals surface area contributed by atoms with E-state index in [9.17, 15) is 5.11 Å². The van der Waals surface area contributed by atoms with Crippen molar-refractivity contribution in [3.8, 4) is 5.75 Å². The predicted octanol–water partition coefficient (Wildman–Crippen LogP) is 3.75. The number of nitrogens with one attached hydrogen (secondary N) is 1. The molecule has 0 spiro atoms. The van der Waals surface area contributed by atoms with Crippen LogP contribution in [0, 0.1) is 13.8 Å². The Labute approximate surface area is 95.6 Å². The fourth-order valence-electron chi connectivity index (χ4n) is 1.69. The van der Waals surface area contributed by atoms with Gasteiger partial charge in [-0.2, -0.15) is 0 Å². The third-order valence-electron chi connectivity index (χ3n) is 2.51. The Morgan fingerprint density at radius 1 is 1.00 bits per heavy atom. The third kappa shape index (κ3) is 2.34. The van der Waals surface area contributed by atoms with E-state index >= 15 is 0 Å². The summed E-state index contributed by atoms with van der Waals surface area (Å²) in [6.07, 6.45) is 0. The molecule has 0 aromatic heterocycles. The van der Waals surface area contributed by atoms with Crippen molar-refractivity contribution in [2.24, 2.45) is 0 Å². The van der Waals surface area contributed by atoms with E-state index < -0.39 is 0 Å². The molecule has 2 N–H and O–H groups in total. The first-order valence-electron chi connectivity index (χ1n) is 5.28. The number of aromatic hydroxyl groups is 1. The molecular formula is C14H15NO. The number of aryl methyl sites for hydroxylation is 2. The van der Waals surface area contributed by atoms with Crippen molar-refractivity contribution in [1.29, 1.82) is 0 Å². The summed E-state index contributed by atoms with van der Waals surface area (Å²) in [5.41, 5.74) is 4.41. The van der Waals surface area contributed by atoms with E-state index in [2.05, 4.69) is 37.4 Å². The second-order valence-electron chi connectivity index (χ2n) is 3.99. The predicted molar refractivity (Wildman–Crippen MR) is 67.3 cm³/mol. The highest BCUT2D eigenvalue weighted by atomic mass is 16.3. The van der Waals surface area contributed by atoms with E-state index in [0.29, 0.717) is 0 Å². The van der Waals surface area contributed by atoms with Crippen molar-refractivity contribution in [2.45, 2.75) is 13.8 Å². The SMILES string of the molecule is Cc1ccc(Nc2cccc(O)c2)c(C)c1. The van der Waals surface area contributed by atoms with Gasteiger partial charge in [-0.1, -0.05) is 23.8 Å². The van der Waals surface area contributed by atoms with Crippen LogP contribution in [0.1, 0.15) is 11.1 Å². The molecule has 82 valence electrons. The molecule has 0 saturated carbocycles. The van der Waals surface area contributed by atoms with Gasteiger partial charge in [0.25, 0.3) is 0 Å². The zero-order chi connectivity index (χ0) is 11.5. The molecule has 0 atom stereocenters. The number of rotatable bonds is 2. The van der Waals surface area contributed by atoms with E-state index in [1.54, 1.807) is 12.1 Å². The third-order valence-corrected chi connectivity index (χ3v) is 2.51. The number of phenols is 1. The van der Waals surface area contributed by atoms with Gasteiger partial charge < -0.3 is 10.4 Å². The molecule has 0 aliphatic rings. The lowest BCUT2D eigenvalue weighted by Crippen LogP contribution is -1.93. The molecule has 2 nitrogen and oxygen atoms in total. The molecule has 0 heterocycles. The second-order valence-corrected chi connectivity index (χ2v) is 3.99. The minimum absolute atomic E-state index is 0.273. The highest BCUT2D eigenvalue weighted by Crippen LogP contribution is 2.23. The minimum atomic E-state index is 0.273. The van der Waals surface area contributed by atoms with Crippen molar-refractivity contribution in [3.63, 3.8) is 0 Å². The molecule has 0 amide bonds. The Kier molecular flexibility index (Phi) is 2.82. The van der Waals surface area contributed by atoms with Crippen LogP contribution in [0.4, 0.5) is 11.4 Å². The van der Waals surface area contributed by atoms with Crippen LogP contribution < -0.4 is 5.32 Å². The lowest BCUT2D eigenvalue weighted by atomic mass is 10.1. The molecule has 2 rings (SSSR count). The number of anilines is 2. The van der Waals surface area contributed by atoms with Crippen LogP contribution in [0.3, 0.4) is 0 Å². The topological polar surface area (TPSA) is 32.3 Å². The van der Waals surface area contributed by atoms with Gasteiger partial charge >= 0.3 is 0 Å². The second kappa shape index (κ2) is 4.27. The molecule has 0 radical (unpaired) electrons. The highest BCUT2D eigenvalue weighted by Gasteiger charge is 1.99. The molecule has 0 unspecified atom stereocenters. The first-order valence-corrected chi connectivity index (χ1v) is 5.28. The molecular weight excluding hydrogens is 198 g/mol. The fourth-order valence-corrected chi connectivity index (χ4v) is 1.69. The van der Waals surface area contributed by atoms with E-state index in [1.807, 2.05) is 12.1 Å². The quantitative estimate of drug-likeness (QED) is 0.796. The number of benzene rings is 2. The van der Waals surface area contributed by atoms with Gasteiger partial charge in [0.1, 0.15) is 5.75 Å². The smallest absolute Gasteiger partial charge is 0.117 e. The van der Waals surface area contributed by atoms with Crippen molar-refractivity contribution in [3.05, 3.63) is 53.6 Å². The van der Waals surface area contributed by atoms with Crippen LogP contribution in [0.25, 0.3) is 0 Å². The van der Waals surface area contributed by atoms with Gasteiger partial charge in [0.2, 0.25) is 0 Å². The molecule has 0 saturated heterocycles. The Morgan fingerprint density at radius 3 is 2.50 bits per heavy atom. The Bertz CT molecular complexity index is 506.